The van der Waals surface area contributed by atoms with Gasteiger partial charge in [-0.2, -0.15) is 0 Å². The van der Waals surface area contributed by atoms with Crippen LogP contribution in [0.4, 0.5) is 0 Å². The lowest BCUT2D eigenvalue weighted by molar-refractivity contribution is 0.0938. The molecule has 3 aromatic rings. The molecular formula is C16H14ClN3O. The monoisotopic (exact) mass is 299 g/mol. The Hall–Kier alpha value is -2.33. The zero-order chi connectivity index (χ0) is 14.8. The molecule has 1 aromatic heterocycles. The molecule has 1 atom stereocenters. The first-order chi connectivity index (χ1) is 10.1. The molecule has 2 aromatic carbocycles. The predicted molar refractivity (Wildman–Crippen MR) is 83.4 cm³/mol. The van der Waals surface area contributed by atoms with Crippen molar-refractivity contribution in [2.24, 2.45) is 0 Å². The molecule has 106 valence electrons. The van der Waals surface area contributed by atoms with Gasteiger partial charge in [0.1, 0.15) is 5.82 Å². The van der Waals surface area contributed by atoms with Gasteiger partial charge in [-0.25, -0.2) is 4.98 Å². The number of rotatable bonds is 3. The summed E-state index contributed by atoms with van der Waals surface area (Å²) in [7, 11) is 0. The lowest BCUT2D eigenvalue weighted by atomic mass is 10.2. The van der Waals surface area contributed by atoms with Crippen LogP contribution in [0, 0.1) is 0 Å². The van der Waals surface area contributed by atoms with Crippen molar-refractivity contribution in [2.75, 3.05) is 0 Å². The molecule has 0 radical (unpaired) electrons. The summed E-state index contributed by atoms with van der Waals surface area (Å²) in [5.41, 5.74) is 2.37. The van der Waals surface area contributed by atoms with Crippen molar-refractivity contribution < 1.29 is 4.79 Å². The molecule has 0 aliphatic heterocycles. The number of hydrogen-bond acceptors (Lipinski definition) is 2. The van der Waals surface area contributed by atoms with E-state index in [9.17, 15) is 4.79 Å². The van der Waals surface area contributed by atoms with Gasteiger partial charge in [0.15, 0.2) is 0 Å². The van der Waals surface area contributed by atoms with Crippen LogP contribution >= 0.6 is 11.6 Å². The maximum absolute atomic E-state index is 12.2. The molecule has 0 bridgehead atoms. The number of carbonyl (C=O) groups excluding carboxylic acids is 1. The van der Waals surface area contributed by atoms with E-state index in [2.05, 4.69) is 15.3 Å². The standard InChI is InChI=1S/C16H14ClN3O/c1-10(15-19-13-7-2-3-8-14(13)20-15)18-16(21)11-5-4-6-12(17)9-11/h2-10H,1H3,(H,18,21)(H,19,20)/t10-/m1/s1. The number of H-pyrrole nitrogens is 1. The summed E-state index contributed by atoms with van der Waals surface area (Å²) in [5.74, 6) is 0.553. The Morgan fingerprint density at radius 2 is 2.05 bits per heavy atom. The van der Waals surface area contributed by atoms with E-state index in [4.69, 9.17) is 11.6 Å². The number of imidazole rings is 1. The van der Waals surface area contributed by atoms with Crippen molar-refractivity contribution >= 4 is 28.5 Å². The van der Waals surface area contributed by atoms with Crippen molar-refractivity contribution in [3.05, 3.63) is 64.9 Å². The molecule has 0 aliphatic carbocycles. The largest absolute Gasteiger partial charge is 0.342 e. The van der Waals surface area contributed by atoms with Gasteiger partial charge < -0.3 is 10.3 Å². The third-order valence-electron chi connectivity index (χ3n) is 3.25. The topological polar surface area (TPSA) is 57.8 Å². The highest BCUT2D eigenvalue weighted by Gasteiger charge is 2.14. The van der Waals surface area contributed by atoms with E-state index in [-0.39, 0.29) is 11.9 Å². The summed E-state index contributed by atoms with van der Waals surface area (Å²) >= 11 is 5.90. The molecule has 0 saturated carbocycles. The Morgan fingerprint density at radius 3 is 2.81 bits per heavy atom. The van der Waals surface area contributed by atoms with Crippen molar-refractivity contribution in [1.29, 1.82) is 0 Å². The Bertz CT molecular complexity index is 764. The zero-order valence-corrected chi connectivity index (χ0v) is 12.2. The Balaban J connectivity index is 1.79. The molecule has 4 nitrogen and oxygen atoms in total. The second kappa shape index (κ2) is 5.58. The summed E-state index contributed by atoms with van der Waals surface area (Å²) in [4.78, 5) is 19.9. The van der Waals surface area contributed by atoms with Gasteiger partial charge >= 0.3 is 0 Å². The molecule has 0 spiro atoms. The molecule has 0 unspecified atom stereocenters. The molecule has 1 amide bonds. The van der Waals surface area contributed by atoms with Crippen LogP contribution in [0.2, 0.25) is 5.02 Å². The summed E-state index contributed by atoms with van der Waals surface area (Å²) in [5, 5.41) is 3.45. The third kappa shape index (κ3) is 2.90. The van der Waals surface area contributed by atoms with Crippen LogP contribution in [0.1, 0.15) is 29.1 Å². The van der Waals surface area contributed by atoms with Gasteiger partial charge in [0.05, 0.1) is 17.1 Å². The first kappa shape index (κ1) is 13.6. The van der Waals surface area contributed by atoms with Crippen LogP contribution in [-0.4, -0.2) is 15.9 Å². The number of nitrogens with zero attached hydrogens (tertiary/aromatic N) is 1. The van der Waals surface area contributed by atoms with Crippen LogP contribution in [0.3, 0.4) is 0 Å². The van der Waals surface area contributed by atoms with Crippen LogP contribution < -0.4 is 5.32 Å². The van der Waals surface area contributed by atoms with Gasteiger partial charge in [0.25, 0.3) is 5.91 Å². The molecule has 21 heavy (non-hydrogen) atoms. The van der Waals surface area contributed by atoms with E-state index in [1.165, 1.54) is 0 Å². The fourth-order valence-corrected chi connectivity index (χ4v) is 2.35. The normalized spacial score (nSPS) is 12.3. The van der Waals surface area contributed by atoms with Crippen molar-refractivity contribution in [3.63, 3.8) is 0 Å². The first-order valence-corrected chi connectivity index (χ1v) is 7.02. The van der Waals surface area contributed by atoms with E-state index >= 15 is 0 Å². The number of amides is 1. The quantitative estimate of drug-likeness (QED) is 0.774. The van der Waals surface area contributed by atoms with Crippen LogP contribution in [0.25, 0.3) is 11.0 Å². The second-order valence-corrected chi connectivity index (χ2v) is 5.28. The summed E-state index contributed by atoms with van der Waals surface area (Å²) in [6.07, 6.45) is 0. The minimum Gasteiger partial charge on any atom is -0.342 e. The highest BCUT2D eigenvalue weighted by atomic mass is 35.5. The number of halogens is 1. The van der Waals surface area contributed by atoms with Crippen LogP contribution in [0.15, 0.2) is 48.5 Å². The number of para-hydroxylation sites is 2. The van der Waals surface area contributed by atoms with Gasteiger partial charge in [0, 0.05) is 10.6 Å². The molecule has 3 rings (SSSR count). The number of hydrogen-bond donors (Lipinski definition) is 2. The van der Waals surface area contributed by atoms with Gasteiger partial charge in [-0.15, -0.1) is 0 Å². The zero-order valence-electron chi connectivity index (χ0n) is 11.4. The van der Waals surface area contributed by atoms with E-state index in [0.717, 1.165) is 16.9 Å². The SMILES string of the molecule is C[C@@H](NC(=O)c1cccc(Cl)c1)c1nc2ccccc2[nH]1. The second-order valence-electron chi connectivity index (χ2n) is 4.84. The number of aromatic amines is 1. The maximum atomic E-state index is 12.2. The fourth-order valence-electron chi connectivity index (χ4n) is 2.16. The smallest absolute Gasteiger partial charge is 0.251 e. The summed E-state index contributed by atoms with van der Waals surface area (Å²) in [6, 6.07) is 14.4. The van der Waals surface area contributed by atoms with E-state index < -0.39 is 0 Å². The van der Waals surface area contributed by atoms with Crippen molar-refractivity contribution in [3.8, 4) is 0 Å². The van der Waals surface area contributed by atoms with Crippen LogP contribution in [0.5, 0.6) is 0 Å². The molecule has 0 fully saturated rings. The van der Waals surface area contributed by atoms with Gasteiger partial charge in [-0.05, 0) is 37.3 Å². The molecule has 2 N–H and O–H groups in total. The Morgan fingerprint density at radius 1 is 1.24 bits per heavy atom. The summed E-state index contributed by atoms with van der Waals surface area (Å²) in [6.45, 7) is 1.89. The van der Waals surface area contributed by atoms with Crippen molar-refractivity contribution in [2.45, 2.75) is 13.0 Å². The van der Waals surface area contributed by atoms with Gasteiger partial charge in [-0.3, -0.25) is 4.79 Å². The third-order valence-corrected chi connectivity index (χ3v) is 3.49. The fraction of sp³-hybridized carbons (Fsp3) is 0.125. The number of aromatic nitrogens is 2. The molecule has 1 heterocycles. The molecule has 0 aliphatic rings. The maximum Gasteiger partial charge on any atom is 0.251 e. The molecule has 5 heteroatoms. The van der Waals surface area contributed by atoms with E-state index in [1.54, 1.807) is 24.3 Å². The highest BCUT2D eigenvalue weighted by Crippen LogP contribution is 2.16. The average Bonchev–Trinajstić information content (AvgIpc) is 2.91. The summed E-state index contributed by atoms with van der Waals surface area (Å²) < 4.78 is 0. The molecular weight excluding hydrogens is 286 g/mol. The Kier molecular flexibility index (Phi) is 3.62. The number of nitrogens with one attached hydrogen (secondary N) is 2. The predicted octanol–water partition coefficient (Wildman–Crippen LogP) is 3.71. The lowest BCUT2D eigenvalue weighted by Crippen LogP contribution is -2.27. The Labute approximate surface area is 127 Å². The number of carbonyl (C=O) groups is 1. The van der Waals surface area contributed by atoms with Gasteiger partial charge in [0.2, 0.25) is 0 Å². The minimum atomic E-state index is -0.219. The van der Waals surface area contributed by atoms with Crippen LogP contribution in [-0.2, 0) is 0 Å². The number of fused-ring (bicyclic) bond motifs is 1. The minimum absolute atomic E-state index is 0.176. The molecule has 0 saturated heterocycles. The lowest BCUT2D eigenvalue weighted by Gasteiger charge is -2.11. The van der Waals surface area contributed by atoms with E-state index in [0.29, 0.717) is 10.6 Å². The van der Waals surface area contributed by atoms with Gasteiger partial charge in [-0.1, -0.05) is 29.8 Å². The average molecular weight is 300 g/mol. The van der Waals surface area contributed by atoms with E-state index in [1.807, 2.05) is 31.2 Å². The highest BCUT2D eigenvalue weighted by molar-refractivity contribution is 6.30. The number of benzene rings is 2. The van der Waals surface area contributed by atoms with Crippen molar-refractivity contribution in [1.82, 2.24) is 15.3 Å². The first-order valence-electron chi connectivity index (χ1n) is 6.64.